The average Bonchev–Trinajstić information content (AvgIpc) is 3.62. The molecule has 0 radical (unpaired) electrons. The zero-order valence-electron chi connectivity index (χ0n) is 22.1. The highest BCUT2D eigenvalue weighted by Crippen LogP contribution is 2.52. The largest absolute Gasteiger partial charge is 0.480 e. The summed E-state index contributed by atoms with van der Waals surface area (Å²) in [6.07, 6.45) is 4.97. The quantitative estimate of drug-likeness (QED) is 0.154. The minimum Gasteiger partial charge on any atom is -0.480 e. The number of nitrogens with zero attached hydrogens (tertiary/aromatic N) is 2. The van der Waals surface area contributed by atoms with Crippen molar-refractivity contribution in [2.45, 2.75) is 18.0 Å². The molecule has 42 heavy (non-hydrogen) atoms. The van der Waals surface area contributed by atoms with Crippen molar-refractivity contribution < 1.29 is 24.4 Å². The summed E-state index contributed by atoms with van der Waals surface area (Å²) in [5.74, 6) is -5.12. The van der Waals surface area contributed by atoms with Crippen LogP contribution in [0.4, 0.5) is 5.69 Å². The summed E-state index contributed by atoms with van der Waals surface area (Å²) in [4.78, 5) is 56.8. The van der Waals surface area contributed by atoms with E-state index < -0.39 is 46.1 Å². The third-order valence-corrected chi connectivity index (χ3v) is 8.43. The summed E-state index contributed by atoms with van der Waals surface area (Å²) < 4.78 is 0. The van der Waals surface area contributed by atoms with E-state index >= 15 is 0 Å². The summed E-state index contributed by atoms with van der Waals surface area (Å²) in [6, 6.07) is 19.4. The molecule has 0 aliphatic carbocycles. The molecule has 4 aromatic rings. The van der Waals surface area contributed by atoms with Gasteiger partial charge in [-0.1, -0.05) is 72.3 Å². The van der Waals surface area contributed by atoms with Crippen molar-refractivity contribution in [3.05, 3.63) is 117 Å². The summed E-state index contributed by atoms with van der Waals surface area (Å²) in [5, 5.41) is 26.8. The number of nitro groups is 1. The standard InChI is InChI=1S/C31H25ClN4O6/c32-20-12-13-24(36(41)42)22(15-20)27-25-26(29(38)35(28(25)37)14-6-9-18-7-2-1-3-8-18)31(34-27,30(39)40)16-19-17-33-23-11-5-4-10-21(19)23/h1-13,15,17,25-27,33-34H,14,16H2,(H,39,40)/b9-6-. The van der Waals surface area contributed by atoms with Gasteiger partial charge in [-0.3, -0.25) is 34.7 Å². The molecule has 2 aliphatic heterocycles. The number of fused-ring (bicyclic) bond motifs is 2. The van der Waals surface area contributed by atoms with E-state index in [0.29, 0.717) is 5.56 Å². The lowest BCUT2D eigenvalue weighted by molar-refractivity contribution is -0.385. The first kappa shape index (κ1) is 27.4. The van der Waals surface area contributed by atoms with Gasteiger partial charge in [-0.2, -0.15) is 0 Å². The molecule has 3 N–H and O–H groups in total. The maximum atomic E-state index is 14.0. The Morgan fingerprint density at radius 3 is 2.55 bits per heavy atom. The number of hydrogen-bond acceptors (Lipinski definition) is 6. The second-order valence-corrected chi connectivity index (χ2v) is 10.9. The Morgan fingerprint density at radius 1 is 1.07 bits per heavy atom. The fourth-order valence-corrected chi connectivity index (χ4v) is 6.50. The lowest BCUT2D eigenvalue weighted by atomic mass is 9.76. The van der Waals surface area contributed by atoms with Gasteiger partial charge < -0.3 is 10.1 Å². The first-order valence-corrected chi connectivity index (χ1v) is 13.7. The number of amides is 2. The first-order valence-electron chi connectivity index (χ1n) is 13.3. The van der Waals surface area contributed by atoms with E-state index in [1.54, 1.807) is 18.3 Å². The van der Waals surface area contributed by atoms with Gasteiger partial charge in [0.25, 0.3) is 5.69 Å². The molecule has 1 aromatic heterocycles. The van der Waals surface area contributed by atoms with Crippen LogP contribution in [0.25, 0.3) is 17.0 Å². The van der Waals surface area contributed by atoms with Crippen molar-refractivity contribution in [3.8, 4) is 0 Å². The van der Waals surface area contributed by atoms with Crippen molar-refractivity contribution in [2.24, 2.45) is 11.8 Å². The number of para-hydroxylation sites is 1. The number of H-pyrrole nitrogens is 1. The Morgan fingerprint density at radius 2 is 1.81 bits per heavy atom. The van der Waals surface area contributed by atoms with Gasteiger partial charge >= 0.3 is 5.97 Å². The number of aromatic amines is 1. The van der Waals surface area contributed by atoms with E-state index in [2.05, 4.69) is 10.3 Å². The molecule has 2 fully saturated rings. The highest BCUT2D eigenvalue weighted by Gasteiger charge is 2.68. The van der Waals surface area contributed by atoms with Crippen LogP contribution >= 0.6 is 11.6 Å². The molecule has 2 aliphatic rings. The minimum absolute atomic E-state index is 0.0485. The van der Waals surface area contributed by atoms with Gasteiger partial charge in [-0.05, 0) is 29.3 Å². The number of aliphatic carboxylic acids is 1. The molecule has 6 rings (SSSR count). The number of imide groups is 1. The molecule has 212 valence electrons. The van der Waals surface area contributed by atoms with Crippen molar-refractivity contribution in [1.82, 2.24) is 15.2 Å². The first-order chi connectivity index (χ1) is 20.2. The van der Waals surface area contributed by atoms with Crippen LogP contribution < -0.4 is 5.32 Å². The van der Waals surface area contributed by atoms with Crippen LogP contribution in [0.1, 0.15) is 22.7 Å². The van der Waals surface area contributed by atoms with Crippen LogP contribution in [-0.4, -0.2) is 49.8 Å². The van der Waals surface area contributed by atoms with Gasteiger partial charge in [0.05, 0.1) is 22.8 Å². The third-order valence-electron chi connectivity index (χ3n) is 8.19. The van der Waals surface area contributed by atoms with Crippen molar-refractivity contribution in [2.75, 3.05) is 6.54 Å². The number of benzene rings is 3. The number of aromatic nitrogens is 1. The van der Waals surface area contributed by atoms with Gasteiger partial charge in [0.2, 0.25) is 11.8 Å². The van der Waals surface area contributed by atoms with Gasteiger partial charge in [-0.15, -0.1) is 0 Å². The molecule has 0 saturated carbocycles. The van der Waals surface area contributed by atoms with Crippen LogP contribution in [-0.2, 0) is 20.8 Å². The number of hydrogen-bond donors (Lipinski definition) is 3. The summed E-state index contributed by atoms with van der Waals surface area (Å²) in [7, 11) is 0. The number of nitro benzene ring substituents is 1. The zero-order chi connectivity index (χ0) is 29.6. The molecule has 11 heteroatoms. The Kier molecular flexibility index (Phi) is 6.88. The molecule has 0 bridgehead atoms. The monoisotopic (exact) mass is 584 g/mol. The van der Waals surface area contributed by atoms with E-state index in [4.69, 9.17) is 11.6 Å². The van der Waals surface area contributed by atoms with Crippen LogP contribution in [0.3, 0.4) is 0 Å². The molecule has 3 aromatic carbocycles. The normalized spacial score (nSPS) is 23.6. The Labute approximate surface area is 244 Å². The van der Waals surface area contributed by atoms with E-state index in [1.807, 2.05) is 54.6 Å². The number of rotatable bonds is 8. The Bertz CT molecular complexity index is 1770. The van der Waals surface area contributed by atoms with E-state index in [1.165, 1.54) is 18.2 Å². The van der Waals surface area contributed by atoms with Crippen LogP contribution in [0.2, 0.25) is 5.02 Å². The molecular formula is C31H25ClN4O6. The predicted molar refractivity (Wildman–Crippen MR) is 156 cm³/mol. The third kappa shape index (κ3) is 4.45. The number of nitrogens with one attached hydrogen (secondary N) is 2. The molecular weight excluding hydrogens is 560 g/mol. The summed E-state index contributed by atoms with van der Waals surface area (Å²) >= 11 is 6.24. The molecule has 10 nitrogen and oxygen atoms in total. The SMILES string of the molecule is O=C1C2C(c3cc(Cl)ccc3[N+](=O)[O-])NC(Cc3c[nH]c4ccccc34)(C(=O)O)C2C(=O)N1C/C=C\c1ccccc1. The number of carbonyl (C=O) groups is 3. The number of likely N-dealkylation sites (tertiary alicyclic amines) is 1. The summed E-state index contributed by atoms with van der Waals surface area (Å²) in [5.41, 5.74) is 0.0552. The second-order valence-electron chi connectivity index (χ2n) is 10.5. The number of halogens is 1. The molecule has 2 saturated heterocycles. The van der Waals surface area contributed by atoms with Crippen LogP contribution in [0.15, 0.2) is 85.1 Å². The summed E-state index contributed by atoms with van der Waals surface area (Å²) in [6.45, 7) is -0.0767. The molecule has 4 atom stereocenters. The number of carbonyl (C=O) groups excluding carboxylic acids is 2. The number of carboxylic acids is 1. The van der Waals surface area contributed by atoms with E-state index in [-0.39, 0.29) is 29.2 Å². The maximum Gasteiger partial charge on any atom is 0.325 e. The minimum atomic E-state index is -1.94. The van der Waals surface area contributed by atoms with Gasteiger partial charge in [-0.25, -0.2) is 0 Å². The fourth-order valence-electron chi connectivity index (χ4n) is 6.32. The van der Waals surface area contributed by atoms with E-state index in [9.17, 15) is 29.6 Å². The molecule has 2 amide bonds. The van der Waals surface area contributed by atoms with Crippen molar-refractivity contribution >= 4 is 52.1 Å². The Balaban J connectivity index is 1.46. The van der Waals surface area contributed by atoms with Gasteiger partial charge in [0.15, 0.2) is 0 Å². The fraction of sp³-hybridized carbons (Fsp3) is 0.194. The lowest BCUT2D eigenvalue weighted by Crippen LogP contribution is -2.57. The predicted octanol–water partition coefficient (Wildman–Crippen LogP) is 4.75. The highest BCUT2D eigenvalue weighted by molar-refractivity contribution is 6.30. The van der Waals surface area contributed by atoms with Gasteiger partial charge in [0.1, 0.15) is 5.54 Å². The van der Waals surface area contributed by atoms with Crippen LogP contribution in [0, 0.1) is 22.0 Å². The zero-order valence-corrected chi connectivity index (χ0v) is 22.8. The topological polar surface area (TPSA) is 146 Å². The maximum absolute atomic E-state index is 14.0. The molecule has 0 spiro atoms. The van der Waals surface area contributed by atoms with Crippen LogP contribution in [0.5, 0.6) is 0 Å². The Hall–Kier alpha value is -4.80. The highest BCUT2D eigenvalue weighted by atomic mass is 35.5. The van der Waals surface area contributed by atoms with Gasteiger partial charge in [0, 0.05) is 46.7 Å². The van der Waals surface area contributed by atoms with Crippen molar-refractivity contribution in [1.29, 1.82) is 0 Å². The number of carboxylic acid groups (broad SMARTS) is 1. The molecule has 3 heterocycles. The molecule has 4 unspecified atom stereocenters. The van der Waals surface area contributed by atoms with Crippen molar-refractivity contribution in [3.63, 3.8) is 0 Å². The van der Waals surface area contributed by atoms with E-state index in [0.717, 1.165) is 21.4 Å². The average molecular weight is 585 g/mol. The smallest absolute Gasteiger partial charge is 0.325 e. The lowest BCUT2D eigenvalue weighted by Gasteiger charge is -2.31. The second kappa shape index (κ2) is 10.6.